The molecule has 0 amide bonds. The highest BCUT2D eigenvalue weighted by molar-refractivity contribution is 9.10. The van der Waals surface area contributed by atoms with Gasteiger partial charge >= 0.3 is 0 Å². The Kier molecular flexibility index (Phi) is 7.73. The zero-order chi connectivity index (χ0) is 15.0. The molecule has 0 radical (unpaired) electrons. The highest BCUT2D eigenvalue weighted by Crippen LogP contribution is 2.16. The van der Waals surface area contributed by atoms with Crippen LogP contribution in [0.3, 0.4) is 0 Å². The van der Waals surface area contributed by atoms with Gasteiger partial charge in [-0.1, -0.05) is 5.92 Å². The van der Waals surface area contributed by atoms with E-state index in [0.717, 1.165) is 24.5 Å². The van der Waals surface area contributed by atoms with Gasteiger partial charge in [0.25, 0.3) is 5.56 Å². The summed E-state index contributed by atoms with van der Waals surface area (Å²) in [5, 5.41) is 7.35. The van der Waals surface area contributed by atoms with Crippen molar-refractivity contribution < 1.29 is 0 Å². The Morgan fingerprint density at radius 3 is 3.00 bits per heavy atom. The summed E-state index contributed by atoms with van der Waals surface area (Å²) in [6, 6.07) is 0. The topological polar surface area (TPSA) is 50.2 Å². The van der Waals surface area contributed by atoms with Gasteiger partial charge in [-0.2, -0.15) is 5.10 Å². The lowest BCUT2D eigenvalue weighted by Crippen LogP contribution is -2.29. The average Bonchev–Trinajstić information content (AvgIpc) is 2.42. The lowest BCUT2D eigenvalue weighted by Gasteiger charge is -2.12. The van der Waals surface area contributed by atoms with Crippen molar-refractivity contribution in [1.29, 1.82) is 0 Å². The fraction of sp³-hybridized carbons (Fsp3) is 0.538. The summed E-state index contributed by atoms with van der Waals surface area (Å²) in [5.74, 6) is 4.16. The smallest absolute Gasteiger partial charge is 0.283 e. The van der Waals surface area contributed by atoms with Crippen LogP contribution in [0.5, 0.6) is 0 Å². The van der Waals surface area contributed by atoms with Gasteiger partial charge in [0.2, 0.25) is 0 Å². The number of terminal acetylenes is 1. The molecule has 1 N–H and O–H groups in total. The Hall–Kier alpha value is -0.970. The van der Waals surface area contributed by atoms with Crippen molar-refractivity contribution >= 4 is 33.4 Å². The third-order valence-electron chi connectivity index (χ3n) is 2.49. The summed E-state index contributed by atoms with van der Waals surface area (Å²) in [4.78, 5) is 14.1. The fourth-order valence-corrected chi connectivity index (χ4v) is 2.39. The van der Waals surface area contributed by atoms with Gasteiger partial charge in [-0.3, -0.25) is 4.79 Å². The quantitative estimate of drug-likeness (QED) is 0.561. The van der Waals surface area contributed by atoms with Crippen LogP contribution in [0.25, 0.3) is 0 Å². The van der Waals surface area contributed by atoms with E-state index < -0.39 is 0 Å². The van der Waals surface area contributed by atoms with Gasteiger partial charge in [0.15, 0.2) is 0 Å². The van der Waals surface area contributed by atoms with Crippen molar-refractivity contribution in [2.75, 3.05) is 44.0 Å². The third kappa shape index (κ3) is 5.57. The van der Waals surface area contributed by atoms with E-state index >= 15 is 0 Å². The van der Waals surface area contributed by atoms with E-state index in [2.05, 4.69) is 32.3 Å². The van der Waals surface area contributed by atoms with Gasteiger partial charge in [0.1, 0.15) is 4.47 Å². The minimum atomic E-state index is -0.117. The van der Waals surface area contributed by atoms with Gasteiger partial charge < -0.3 is 10.2 Å². The van der Waals surface area contributed by atoms with Crippen LogP contribution in [0.15, 0.2) is 15.5 Å². The van der Waals surface area contributed by atoms with E-state index in [9.17, 15) is 4.79 Å². The van der Waals surface area contributed by atoms with E-state index in [0.29, 0.717) is 16.8 Å². The molecule has 0 spiro atoms. The summed E-state index contributed by atoms with van der Waals surface area (Å²) in [7, 11) is 3.92. The molecule has 1 rings (SSSR count). The van der Waals surface area contributed by atoms with Crippen LogP contribution in [0, 0.1) is 12.3 Å². The van der Waals surface area contributed by atoms with Gasteiger partial charge in [0.05, 0.1) is 24.2 Å². The van der Waals surface area contributed by atoms with Crippen LogP contribution in [0.4, 0.5) is 5.69 Å². The van der Waals surface area contributed by atoms with Crippen molar-refractivity contribution in [1.82, 2.24) is 14.7 Å². The largest absolute Gasteiger partial charge is 0.382 e. The van der Waals surface area contributed by atoms with Gasteiger partial charge in [0, 0.05) is 18.8 Å². The van der Waals surface area contributed by atoms with Gasteiger partial charge in [-0.05, 0) is 30.0 Å². The van der Waals surface area contributed by atoms with Crippen LogP contribution in [-0.2, 0) is 6.54 Å². The van der Waals surface area contributed by atoms with E-state index in [1.807, 2.05) is 19.0 Å². The maximum absolute atomic E-state index is 12.1. The van der Waals surface area contributed by atoms with E-state index in [4.69, 9.17) is 6.42 Å². The molecular weight excluding hydrogens is 340 g/mol. The first-order valence-corrected chi connectivity index (χ1v) is 8.16. The number of rotatable bonds is 8. The summed E-state index contributed by atoms with van der Waals surface area (Å²) in [5.41, 5.74) is 0.602. The zero-order valence-corrected chi connectivity index (χ0v) is 14.1. The van der Waals surface area contributed by atoms with Gasteiger partial charge in [-0.15, -0.1) is 18.2 Å². The Morgan fingerprint density at radius 2 is 2.35 bits per heavy atom. The molecule has 1 aromatic heterocycles. The predicted octanol–water partition coefficient (Wildman–Crippen LogP) is 1.35. The highest BCUT2D eigenvalue weighted by atomic mass is 79.9. The minimum Gasteiger partial charge on any atom is -0.382 e. The van der Waals surface area contributed by atoms with Crippen molar-refractivity contribution in [3.63, 3.8) is 0 Å². The standard InChI is InChI=1S/C13H19BrN4OS/c1-4-8-20-9-5-15-11-10-16-18(7-6-17(2)3)13(19)12(11)14/h1,10,15H,5-9H2,2-3H3. The van der Waals surface area contributed by atoms with Crippen molar-refractivity contribution in [2.24, 2.45) is 0 Å². The normalized spacial score (nSPS) is 10.6. The molecule has 0 saturated heterocycles. The first-order chi connectivity index (χ1) is 9.56. The van der Waals surface area contributed by atoms with Crippen LogP contribution in [0.1, 0.15) is 0 Å². The number of hydrogen-bond acceptors (Lipinski definition) is 5. The van der Waals surface area contributed by atoms with E-state index in [1.54, 1.807) is 18.0 Å². The number of nitrogens with zero attached hydrogens (tertiary/aromatic N) is 3. The predicted molar refractivity (Wildman–Crippen MR) is 89.4 cm³/mol. The van der Waals surface area contributed by atoms with Gasteiger partial charge in [-0.25, -0.2) is 4.68 Å². The zero-order valence-electron chi connectivity index (χ0n) is 11.7. The Bertz CT molecular complexity index is 524. The number of thioether (sulfide) groups is 1. The van der Waals surface area contributed by atoms with Crippen molar-refractivity contribution in [2.45, 2.75) is 6.54 Å². The molecule has 0 fully saturated rings. The number of aromatic nitrogens is 2. The van der Waals surface area contributed by atoms with Crippen LogP contribution in [0.2, 0.25) is 0 Å². The molecular formula is C13H19BrN4OS. The molecule has 0 saturated carbocycles. The molecule has 20 heavy (non-hydrogen) atoms. The van der Waals surface area contributed by atoms with Crippen molar-refractivity contribution in [3.05, 3.63) is 21.0 Å². The first-order valence-electron chi connectivity index (χ1n) is 6.21. The molecule has 0 atom stereocenters. The number of likely N-dealkylation sites (N-methyl/N-ethyl adjacent to an activating group) is 1. The Balaban J connectivity index is 2.60. The third-order valence-corrected chi connectivity index (χ3v) is 4.12. The lowest BCUT2D eigenvalue weighted by molar-refractivity contribution is 0.367. The molecule has 0 bridgehead atoms. The number of anilines is 1. The number of nitrogens with one attached hydrogen (secondary N) is 1. The second kappa shape index (κ2) is 9.06. The molecule has 5 nitrogen and oxygen atoms in total. The van der Waals surface area contributed by atoms with E-state index in [1.165, 1.54) is 4.68 Å². The maximum Gasteiger partial charge on any atom is 0.283 e. The monoisotopic (exact) mass is 358 g/mol. The number of halogens is 1. The summed E-state index contributed by atoms with van der Waals surface area (Å²) >= 11 is 5.01. The van der Waals surface area contributed by atoms with Crippen LogP contribution >= 0.6 is 27.7 Å². The highest BCUT2D eigenvalue weighted by Gasteiger charge is 2.08. The fourth-order valence-electron chi connectivity index (χ4n) is 1.43. The average molecular weight is 359 g/mol. The van der Waals surface area contributed by atoms with Crippen molar-refractivity contribution in [3.8, 4) is 12.3 Å². The van der Waals surface area contributed by atoms with Crippen LogP contribution < -0.4 is 10.9 Å². The van der Waals surface area contributed by atoms with Crippen LogP contribution in [-0.4, -0.2) is 53.4 Å². The molecule has 110 valence electrons. The summed E-state index contributed by atoms with van der Waals surface area (Å²) in [6.45, 7) is 2.09. The second-order valence-corrected chi connectivity index (χ2v) is 6.29. The maximum atomic E-state index is 12.1. The molecule has 0 aliphatic rings. The Labute approximate surface area is 132 Å². The molecule has 7 heteroatoms. The minimum absolute atomic E-state index is 0.117. The molecule has 0 aliphatic carbocycles. The second-order valence-electron chi connectivity index (χ2n) is 4.39. The van der Waals surface area contributed by atoms with E-state index in [-0.39, 0.29) is 5.56 Å². The molecule has 0 unspecified atom stereocenters. The summed E-state index contributed by atoms with van der Waals surface area (Å²) in [6.07, 6.45) is 6.85. The lowest BCUT2D eigenvalue weighted by atomic mass is 10.4. The first kappa shape index (κ1) is 17.1. The molecule has 1 aromatic rings. The summed E-state index contributed by atoms with van der Waals surface area (Å²) < 4.78 is 1.98. The molecule has 0 aromatic carbocycles. The Morgan fingerprint density at radius 1 is 1.60 bits per heavy atom. The molecule has 0 aliphatic heterocycles. The SMILES string of the molecule is C#CCSCCNc1cnn(CCN(C)C)c(=O)c1Br. The molecule has 1 heterocycles. The number of hydrogen-bond donors (Lipinski definition) is 1.